The van der Waals surface area contributed by atoms with E-state index in [9.17, 15) is 19.4 Å². The lowest BCUT2D eigenvalue weighted by atomic mass is 10.0. The Morgan fingerprint density at radius 1 is 1.13 bits per heavy atom. The van der Waals surface area contributed by atoms with E-state index in [1.54, 1.807) is 38.2 Å². The van der Waals surface area contributed by atoms with E-state index in [1.165, 1.54) is 6.07 Å². The summed E-state index contributed by atoms with van der Waals surface area (Å²) in [5.74, 6) is -0.372. The van der Waals surface area contributed by atoms with E-state index in [0.29, 0.717) is 37.0 Å². The lowest BCUT2D eigenvalue weighted by Gasteiger charge is -2.17. The van der Waals surface area contributed by atoms with Crippen LogP contribution < -0.4 is 9.47 Å². The first-order chi connectivity index (χ1) is 18.1. The van der Waals surface area contributed by atoms with Crippen LogP contribution in [0.3, 0.4) is 0 Å². The molecule has 2 aliphatic rings. The monoisotopic (exact) mass is 522 g/mol. The van der Waals surface area contributed by atoms with Crippen molar-refractivity contribution in [1.82, 2.24) is 9.97 Å². The van der Waals surface area contributed by atoms with Gasteiger partial charge in [0.05, 0.1) is 24.7 Å². The van der Waals surface area contributed by atoms with Crippen LogP contribution in [0, 0.1) is 24.6 Å². The third-order valence-electron chi connectivity index (χ3n) is 6.99. The molecule has 0 aliphatic heterocycles. The fraction of sp³-hybridized carbons (Fsp3) is 0.414. The Morgan fingerprint density at radius 3 is 2.68 bits per heavy atom. The summed E-state index contributed by atoms with van der Waals surface area (Å²) in [6.07, 6.45) is 2.41. The van der Waals surface area contributed by atoms with Crippen molar-refractivity contribution in [2.24, 2.45) is 11.8 Å². The number of fused-ring (bicyclic) bond motifs is 3. The quantitative estimate of drug-likeness (QED) is 0.359. The maximum Gasteiger partial charge on any atom is 0.307 e. The van der Waals surface area contributed by atoms with Crippen molar-refractivity contribution in [3.63, 3.8) is 0 Å². The zero-order valence-corrected chi connectivity index (χ0v) is 21.6. The Bertz CT molecular complexity index is 1360. The number of nitrogens with zero attached hydrogens (tertiary/aromatic N) is 2. The van der Waals surface area contributed by atoms with Crippen molar-refractivity contribution >= 4 is 5.97 Å². The van der Waals surface area contributed by atoms with E-state index in [0.717, 1.165) is 27.9 Å². The number of benzene rings is 1. The number of pyridine rings is 2. The Morgan fingerprint density at radius 2 is 1.95 bits per heavy atom. The Hall–Kier alpha value is -3.56. The molecule has 1 fully saturated rings. The predicted molar refractivity (Wildman–Crippen MR) is 137 cm³/mol. The Kier molecular flexibility index (Phi) is 7.07. The van der Waals surface area contributed by atoms with Gasteiger partial charge in [-0.15, -0.1) is 0 Å². The third kappa shape index (κ3) is 5.63. The molecule has 0 bridgehead atoms. The minimum atomic E-state index is -0.888. The largest absolute Gasteiger partial charge is 0.481 e. The van der Waals surface area contributed by atoms with Crippen LogP contribution >= 0.6 is 0 Å². The number of carbonyl (C=O) groups is 1. The lowest BCUT2D eigenvalue weighted by Crippen LogP contribution is -2.27. The van der Waals surface area contributed by atoms with Gasteiger partial charge in [0.2, 0.25) is 11.8 Å². The average Bonchev–Trinajstić information content (AvgIpc) is 3.45. The summed E-state index contributed by atoms with van der Waals surface area (Å²) in [4.78, 5) is 20.1. The number of carboxylic acid groups (broad SMARTS) is 1. The zero-order valence-electron chi connectivity index (χ0n) is 21.6. The number of carboxylic acids is 1. The second kappa shape index (κ2) is 10.3. The summed E-state index contributed by atoms with van der Waals surface area (Å²) >= 11 is 0. The molecule has 3 atom stereocenters. The summed E-state index contributed by atoms with van der Waals surface area (Å²) in [6, 6.07) is 10.3. The van der Waals surface area contributed by atoms with Gasteiger partial charge in [0.15, 0.2) is 0 Å². The van der Waals surface area contributed by atoms with Crippen molar-refractivity contribution in [3.05, 3.63) is 70.8 Å². The molecule has 0 spiro atoms. The molecule has 8 nitrogen and oxygen atoms in total. The summed E-state index contributed by atoms with van der Waals surface area (Å²) < 4.78 is 31.5. The normalized spacial score (nSPS) is 19.6. The molecule has 1 unspecified atom stereocenters. The Labute approximate surface area is 220 Å². The highest BCUT2D eigenvalue weighted by Crippen LogP contribution is 2.61. The Balaban J connectivity index is 1.20. The summed E-state index contributed by atoms with van der Waals surface area (Å²) in [5, 5.41) is 19.0. The maximum absolute atomic E-state index is 14.6. The number of halogens is 1. The van der Waals surface area contributed by atoms with Crippen LogP contribution in [0.5, 0.6) is 11.8 Å². The smallest absolute Gasteiger partial charge is 0.307 e. The van der Waals surface area contributed by atoms with Gasteiger partial charge in [-0.3, -0.25) is 4.79 Å². The number of ether oxygens (including phenoxy) is 3. The highest BCUT2D eigenvalue weighted by Gasteiger charge is 2.59. The molecule has 1 saturated carbocycles. The van der Waals surface area contributed by atoms with Crippen molar-refractivity contribution < 1.29 is 33.6 Å². The lowest BCUT2D eigenvalue weighted by molar-refractivity contribution is -0.139. The number of aliphatic carboxylic acids is 1. The third-order valence-corrected chi connectivity index (χ3v) is 6.99. The number of aliphatic hydroxyl groups is 1. The van der Waals surface area contributed by atoms with Crippen molar-refractivity contribution in [3.8, 4) is 22.9 Å². The molecule has 0 radical (unpaired) electrons. The number of hydrogen-bond acceptors (Lipinski definition) is 7. The van der Waals surface area contributed by atoms with Gasteiger partial charge >= 0.3 is 5.97 Å². The van der Waals surface area contributed by atoms with E-state index in [-0.39, 0.29) is 36.8 Å². The molecule has 1 aromatic carbocycles. The molecule has 5 rings (SSSR count). The molecule has 2 aromatic heterocycles. The van der Waals surface area contributed by atoms with Crippen LogP contribution in [-0.2, 0) is 22.6 Å². The molecule has 200 valence electrons. The van der Waals surface area contributed by atoms with Gasteiger partial charge in [0.25, 0.3) is 0 Å². The molecule has 0 saturated heterocycles. The SMILES string of the molecule is Cc1nc(OCCOCC(C)(C)O)ccc1-c1ccc(F)c(COc2cc3c(cn2)C2[C@@H](C3)[C@@H]2C(=O)O)c1. The molecule has 2 heterocycles. The second-order valence-electron chi connectivity index (χ2n) is 10.6. The maximum atomic E-state index is 14.6. The highest BCUT2D eigenvalue weighted by atomic mass is 19.1. The van der Waals surface area contributed by atoms with Gasteiger partial charge in [-0.05, 0) is 68.0 Å². The van der Waals surface area contributed by atoms with Crippen LogP contribution in [0.15, 0.2) is 42.6 Å². The van der Waals surface area contributed by atoms with Gasteiger partial charge in [0, 0.05) is 41.1 Å². The topological polar surface area (TPSA) is 111 Å². The molecule has 2 N–H and O–H groups in total. The first kappa shape index (κ1) is 26.1. The van der Waals surface area contributed by atoms with Gasteiger partial charge in [0.1, 0.15) is 19.0 Å². The zero-order chi connectivity index (χ0) is 27.0. The van der Waals surface area contributed by atoms with E-state index in [2.05, 4.69) is 9.97 Å². The van der Waals surface area contributed by atoms with E-state index in [1.807, 2.05) is 19.1 Å². The minimum absolute atomic E-state index is 0.00832. The molecule has 38 heavy (non-hydrogen) atoms. The molecule has 2 aliphatic carbocycles. The predicted octanol–water partition coefficient (Wildman–Crippen LogP) is 4.31. The first-order valence-corrected chi connectivity index (χ1v) is 12.6. The van der Waals surface area contributed by atoms with Crippen LogP contribution in [-0.4, -0.2) is 51.6 Å². The van der Waals surface area contributed by atoms with Crippen LogP contribution in [0.25, 0.3) is 11.1 Å². The minimum Gasteiger partial charge on any atom is -0.481 e. The molecule has 3 aromatic rings. The molecule has 9 heteroatoms. The average molecular weight is 523 g/mol. The van der Waals surface area contributed by atoms with E-state index < -0.39 is 11.6 Å². The van der Waals surface area contributed by atoms with Gasteiger partial charge in [-0.1, -0.05) is 6.07 Å². The summed E-state index contributed by atoms with van der Waals surface area (Å²) in [5.41, 5.74) is 3.93. The van der Waals surface area contributed by atoms with Gasteiger partial charge < -0.3 is 24.4 Å². The van der Waals surface area contributed by atoms with E-state index in [4.69, 9.17) is 14.2 Å². The second-order valence-corrected chi connectivity index (χ2v) is 10.6. The van der Waals surface area contributed by atoms with Crippen molar-refractivity contribution in [2.45, 2.75) is 45.3 Å². The number of hydrogen-bond donors (Lipinski definition) is 2. The van der Waals surface area contributed by atoms with Crippen molar-refractivity contribution in [2.75, 3.05) is 19.8 Å². The van der Waals surface area contributed by atoms with Gasteiger partial charge in [-0.2, -0.15) is 0 Å². The molecular weight excluding hydrogens is 491 g/mol. The van der Waals surface area contributed by atoms with Crippen LogP contribution in [0.1, 0.15) is 42.1 Å². The standard InChI is InChI=1S/C29H31FN2O6/c1-16-20(5-7-24(32-16)37-9-8-36-15-29(2,3)35)17-4-6-23(30)19(10-17)14-38-25-12-18-11-21-26(22(18)13-31-25)27(21)28(33)34/h4-7,10,12-13,21,26-27,35H,8-9,11,14-15H2,1-3H3,(H,33,34)/t21-,26?,27+/m1/s1. The fourth-order valence-corrected chi connectivity index (χ4v) is 5.14. The molecular formula is C29H31FN2O6. The van der Waals surface area contributed by atoms with Crippen LogP contribution in [0.2, 0.25) is 0 Å². The summed E-state index contributed by atoms with van der Waals surface area (Å²) in [6.45, 7) is 6.07. The number of rotatable bonds is 11. The number of aromatic nitrogens is 2. The van der Waals surface area contributed by atoms with Crippen molar-refractivity contribution in [1.29, 1.82) is 0 Å². The summed E-state index contributed by atoms with van der Waals surface area (Å²) in [7, 11) is 0. The van der Waals surface area contributed by atoms with Gasteiger partial charge in [-0.25, -0.2) is 14.4 Å². The fourth-order valence-electron chi connectivity index (χ4n) is 5.14. The number of aryl methyl sites for hydroxylation is 1. The van der Waals surface area contributed by atoms with E-state index >= 15 is 0 Å². The molecule has 0 amide bonds. The first-order valence-electron chi connectivity index (χ1n) is 12.6. The highest BCUT2D eigenvalue weighted by molar-refractivity contribution is 5.77. The van der Waals surface area contributed by atoms with Crippen LogP contribution in [0.4, 0.5) is 4.39 Å².